The zero-order chi connectivity index (χ0) is 58.3. The number of likely N-dealkylation sites (tertiary alicyclic amines) is 2. The number of ether oxygens (including phenoxy) is 4. The molecule has 0 radical (unpaired) electrons. The third-order valence-electron chi connectivity index (χ3n) is 18.4. The molecule has 0 bridgehead atoms. The largest absolute Gasteiger partial charge is 0.453 e. The maximum Gasteiger partial charge on any atom is 0.407 e. The zero-order valence-corrected chi connectivity index (χ0v) is 47.0. The van der Waals surface area contributed by atoms with E-state index in [4.69, 9.17) is 28.9 Å². The number of nitrogens with zero attached hydrogens (tertiary/aromatic N) is 6. The Morgan fingerprint density at radius 3 is 1.45 bits per heavy atom. The zero-order valence-electron chi connectivity index (χ0n) is 47.0. The van der Waals surface area contributed by atoms with E-state index in [0.29, 0.717) is 139 Å². The van der Waals surface area contributed by atoms with Crippen LogP contribution in [0.5, 0.6) is 0 Å². The van der Waals surface area contributed by atoms with Gasteiger partial charge in [0.05, 0.1) is 60.5 Å². The molecule has 2 aromatic heterocycles. The van der Waals surface area contributed by atoms with Crippen LogP contribution in [0, 0.1) is 40.9 Å². The Balaban J connectivity index is 0.870. The number of halogens is 5. The van der Waals surface area contributed by atoms with Gasteiger partial charge in [0.25, 0.3) is 0 Å². The van der Waals surface area contributed by atoms with Gasteiger partial charge in [-0.25, -0.2) is 41.5 Å². The predicted molar refractivity (Wildman–Crippen MR) is 299 cm³/mol. The van der Waals surface area contributed by atoms with E-state index < -0.39 is 71.7 Å². The minimum absolute atomic E-state index is 0.0663. The highest BCUT2D eigenvalue weighted by atomic mass is 19.1. The maximum atomic E-state index is 17.1. The van der Waals surface area contributed by atoms with Gasteiger partial charge in [0.1, 0.15) is 46.9 Å². The molecular formula is C61H69F5N10O8. The average molecular weight is 1170 g/mol. The van der Waals surface area contributed by atoms with Crippen molar-refractivity contribution in [1.29, 1.82) is 0 Å². The molecule has 6 atom stereocenters. The van der Waals surface area contributed by atoms with E-state index in [1.54, 1.807) is 43.9 Å². The highest BCUT2D eigenvalue weighted by Gasteiger charge is 2.44. The number of nitrogens with one attached hydrogen (secondary N) is 4. The molecule has 6 aromatic rings. The summed E-state index contributed by atoms with van der Waals surface area (Å²) in [6.45, 7) is 3.26. The number of carbonyl (C=O) groups is 4. The van der Waals surface area contributed by atoms with E-state index in [0.717, 1.165) is 5.56 Å². The first kappa shape index (κ1) is 56.9. The molecule has 0 aliphatic carbocycles. The number of hydrogen-bond donors (Lipinski definition) is 4. The van der Waals surface area contributed by atoms with Gasteiger partial charge in [0.15, 0.2) is 11.6 Å². The van der Waals surface area contributed by atoms with Crippen LogP contribution in [0.3, 0.4) is 0 Å². The molecular weight excluding hydrogens is 1100 g/mol. The number of amides is 4. The van der Waals surface area contributed by atoms with Crippen LogP contribution in [0.1, 0.15) is 135 Å². The number of benzene rings is 4. The summed E-state index contributed by atoms with van der Waals surface area (Å²) < 4.78 is 103. The lowest BCUT2D eigenvalue weighted by Gasteiger charge is -2.36. The van der Waals surface area contributed by atoms with Crippen LogP contribution in [0.4, 0.5) is 42.9 Å². The van der Waals surface area contributed by atoms with Gasteiger partial charge in [0, 0.05) is 81.6 Å². The molecule has 23 heteroatoms. The van der Waals surface area contributed by atoms with Crippen molar-refractivity contribution >= 4 is 57.4 Å². The SMILES string of the molecule is COC(=O)N[C@H](C(=O)N1CCC[C@H]1c1nc2cc(F)c([C@H]3CC[C@H](c4cc5[nH]c([C@@H]6CCCN6C(=O)[C@@H](NC(=O)OC)C6CCOCC6)nc5cc4F)N3c3cc(F)c(N4CCC(c5ccc(F)cc5)CC4)c(F)c3)cc2[nH]1)C1CCOCC1. The summed E-state index contributed by atoms with van der Waals surface area (Å²) in [4.78, 5) is 77.0. The molecule has 84 heavy (non-hydrogen) atoms. The molecule has 6 aliphatic rings. The summed E-state index contributed by atoms with van der Waals surface area (Å²) >= 11 is 0. The van der Waals surface area contributed by atoms with Crippen molar-refractivity contribution in [2.75, 3.05) is 76.6 Å². The molecule has 0 unspecified atom stereocenters. The van der Waals surface area contributed by atoms with Gasteiger partial charge < -0.3 is 59.1 Å². The van der Waals surface area contributed by atoms with Crippen LogP contribution in [0.2, 0.25) is 0 Å². The molecule has 6 saturated heterocycles. The maximum absolute atomic E-state index is 17.1. The van der Waals surface area contributed by atoms with Crippen LogP contribution in [0.25, 0.3) is 22.1 Å². The Morgan fingerprint density at radius 1 is 0.560 bits per heavy atom. The van der Waals surface area contributed by atoms with Crippen molar-refractivity contribution < 1.29 is 60.1 Å². The lowest BCUT2D eigenvalue weighted by atomic mass is 9.89. The van der Waals surface area contributed by atoms with Crippen molar-refractivity contribution in [1.82, 2.24) is 40.4 Å². The molecule has 6 fully saturated rings. The summed E-state index contributed by atoms with van der Waals surface area (Å²) in [7, 11) is 2.48. The number of piperidine rings is 1. The van der Waals surface area contributed by atoms with E-state index in [2.05, 4.69) is 20.6 Å². The second-order valence-electron chi connectivity index (χ2n) is 23.1. The average Bonchev–Trinajstić information content (AvgIpc) is 2.84. The number of aromatic amines is 2. The molecule has 6 aliphatic heterocycles. The number of hydrogen-bond acceptors (Lipinski definition) is 12. The first-order chi connectivity index (χ1) is 40.7. The summed E-state index contributed by atoms with van der Waals surface area (Å²) in [6.07, 6.45) is 4.85. The minimum atomic E-state index is -0.885. The molecule has 4 amide bonds. The third kappa shape index (κ3) is 11.2. The van der Waals surface area contributed by atoms with Crippen molar-refractivity contribution in [3.8, 4) is 0 Å². The Labute approximate surface area is 482 Å². The second kappa shape index (κ2) is 24.2. The summed E-state index contributed by atoms with van der Waals surface area (Å²) in [5.41, 5.74) is 2.63. The lowest BCUT2D eigenvalue weighted by Crippen LogP contribution is -2.53. The van der Waals surface area contributed by atoms with Crippen LogP contribution >= 0.6 is 0 Å². The fourth-order valence-electron chi connectivity index (χ4n) is 14.1. The number of rotatable bonds is 13. The highest BCUT2D eigenvalue weighted by Crippen LogP contribution is 2.50. The number of fused-ring (bicyclic) bond motifs is 2. The molecule has 4 aromatic carbocycles. The summed E-state index contributed by atoms with van der Waals surface area (Å²) in [6, 6.07) is 10.0. The van der Waals surface area contributed by atoms with Gasteiger partial charge in [-0.05, 0) is 137 Å². The summed E-state index contributed by atoms with van der Waals surface area (Å²) in [5.74, 6) is -3.34. The molecule has 446 valence electrons. The fraction of sp³-hybridized carbons (Fsp3) is 0.508. The standard InChI is InChI=1S/C61H69F5N10O8/c1-81-60(79)71-53(35-15-23-83-24-16-35)58(77)74-19-3-5-51(74)56-67-45-29-39(41(63)31-47(45)69-56)49-11-12-50(76(49)38-27-43(65)55(44(66)28-38)73-21-13-34(14-22-73)33-7-9-37(62)10-8-33)40-30-46-48(32-42(40)64)70-57(68-46)52-6-4-20-75(52)59(78)54(72-61(80)82-2)36-17-25-84-26-18-36/h7-10,27-32,34-36,49-54H,3-6,11-26H2,1-2H3,(H,67,69)(H,68,70)(H,71,79)(H,72,80)/t49-,50-,51+,52+,53+,54+/m1/s1. The first-order valence-electron chi connectivity index (χ1n) is 29.4. The highest BCUT2D eigenvalue weighted by molar-refractivity contribution is 5.88. The van der Waals surface area contributed by atoms with Crippen molar-refractivity contribution in [3.05, 3.63) is 118 Å². The van der Waals surface area contributed by atoms with Crippen LogP contribution in [0.15, 0.2) is 60.7 Å². The third-order valence-corrected chi connectivity index (χ3v) is 18.4. The monoisotopic (exact) mass is 1160 g/mol. The number of methoxy groups -OCH3 is 2. The summed E-state index contributed by atoms with van der Waals surface area (Å²) in [5, 5.41) is 5.53. The van der Waals surface area contributed by atoms with Crippen molar-refractivity contribution in [3.63, 3.8) is 0 Å². The second-order valence-corrected chi connectivity index (χ2v) is 23.1. The van der Waals surface area contributed by atoms with E-state index in [1.807, 2.05) is 0 Å². The Kier molecular flexibility index (Phi) is 16.4. The van der Waals surface area contributed by atoms with Crippen LogP contribution in [-0.2, 0) is 28.5 Å². The predicted octanol–water partition coefficient (Wildman–Crippen LogP) is 10.2. The normalized spacial score (nSPS) is 22.7. The molecule has 0 spiro atoms. The molecule has 18 nitrogen and oxygen atoms in total. The van der Waals surface area contributed by atoms with Gasteiger partial charge >= 0.3 is 12.2 Å². The fourth-order valence-corrected chi connectivity index (χ4v) is 14.1. The van der Waals surface area contributed by atoms with Crippen LogP contribution in [-0.4, -0.2) is 133 Å². The number of aromatic nitrogens is 4. The molecule has 0 saturated carbocycles. The van der Waals surface area contributed by atoms with E-state index in [-0.39, 0.29) is 81.8 Å². The topological polar surface area (TPSA) is 200 Å². The number of anilines is 2. The molecule has 4 N–H and O–H groups in total. The van der Waals surface area contributed by atoms with E-state index in [1.165, 1.54) is 50.6 Å². The first-order valence-corrected chi connectivity index (χ1v) is 29.4. The van der Waals surface area contributed by atoms with Gasteiger partial charge in [-0.2, -0.15) is 0 Å². The van der Waals surface area contributed by atoms with Gasteiger partial charge in [0.2, 0.25) is 11.8 Å². The lowest BCUT2D eigenvalue weighted by molar-refractivity contribution is -0.137. The van der Waals surface area contributed by atoms with Crippen molar-refractivity contribution in [2.45, 2.75) is 119 Å². The molecule has 8 heterocycles. The number of imidazole rings is 2. The smallest absolute Gasteiger partial charge is 0.407 e. The minimum Gasteiger partial charge on any atom is -0.453 e. The number of H-pyrrole nitrogens is 2. The van der Waals surface area contributed by atoms with E-state index >= 15 is 17.6 Å². The van der Waals surface area contributed by atoms with E-state index in [9.17, 15) is 23.6 Å². The Hall–Kier alpha value is -7.53. The number of alkyl carbamates (subject to hydrolysis) is 2. The Bertz CT molecular complexity index is 3230. The Morgan fingerprint density at radius 2 is 1.01 bits per heavy atom. The number of carbonyl (C=O) groups excluding carboxylic acids is 4. The quantitative estimate of drug-likeness (QED) is 0.0799. The van der Waals surface area contributed by atoms with Gasteiger partial charge in [-0.3, -0.25) is 9.59 Å². The van der Waals surface area contributed by atoms with Gasteiger partial charge in [-0.1, -0.05) is 12.1 Å². The molecule has 12 rings (SSSR count). The van der Waals surface area contributed by atoms with Crippen molar-refractivity contribution in [2.24, 2.45) is 11.8 Å². The van der Waals surface area contributed by atoms with Crippen LogP contribution < -0.4 is 20.4 Å². The van der Waals surface area contributed by atoms with Gasteiger partial charge in [-0.15, -0.1) is 0 Å².